The third kappa shape index (κ3) is 4.94. The van der Waals surface area contributed by atoms with Crippen molar-refractivity contribution in [1.29, 1.82) is 0 Å². The second-order valence-corrected chi connectivity index (χ2v) is 5.56. The third-order valence-electron chi connectivity index (χ3n) is 4.01. The number of nitrogens with one attached hydrogen (secondary N) is 1. The zero-order valence-corrected chi connectivity index (χ0v) is 12.4. The molecule has 0 aromatic carbocycles. The predicted molar refractivity (Wildman–Crippen MR) is 75.6 cm³/mol. The number of rotatable bonds is 6. The van der Waals surface area contributed by atoms with E-state index in [9.17, 15) is 4.79 Å². The smallest absolute Gasteiger partial charge is 0.223 e. The van der Waals surface area contributed by atoms with Crippen LogP contribution in [0.15, 0.2) is 0 Å². The number of hydrogen-bond acceptors (Lipinski definition) is 3. The van der Waals surface area contributed by atoms with Crippen LogP contribution in [0.4, 0.5) is 0 Å². The molecule has 0 saturated carbocycles. The number of carbonyl (C=O) groups excluding carboxylic acids is 1. The van der Waals surface area contributed by atoms with Crippen molar-refractivity contribution in [2.45, 2.75) is 39.2 Å². The molecule has 1 unspecified atom stereocenters. The fraction of sp³-hybridized carbons (Fsp3) is 0.929. The second kappa shape index (κ2) is 7.74. The Kier molecular flexibility index (Phi) is 6.65. The lowest BCUT2D eigenvalue weighted by Gasteiger charge is -2.35. The van der Waals surface area contributed by atoms with E-state index in [1.165, 1.54) is 12.8 Å². The first-order chi connectivity index (χ1) is 8.54. The van der Waals surface area contributed by atoms with Crippen LogP contribution in [-0.4, -0.2) is 62.0 Å². The van der Waals surface area contributed by atoms with Gasteiger partial charge in [0, 0.05) is 33.1 Å². The summed E-state index contributed by atoms with van der Waals surface area (Å²) in [6, 6.07) is 0.626. The topological polar surface area (TPSA) is 35.6 Å². The van der Waals surface area contributed by atoms with Crippen molar-refractivity contribution < 1.29 is 4.79 Å². The van der Waals surface area contributed by atoms with E-state index in [2.05, 4.69) is 24.1 Å². The van der Waals surface area contributed by atoms with Gasteiger partial charge in [-0.3, -0.25) is 4.79 Å². The average molecular weight is 255 g/mol. The van der Waals surface area contributed by atoms with Gasteiger partial charge < -0.3 is 15.1 Å². The fourth-order valence-corrected chi connectivity index (χ4v) is 2.64. The highest BCUT2D eigenvalue weighted by atomic mass is 16.2. The van der Waals surface area contributed by atoms with Gasteiger partial charge in [0.15, 0.2) is 0 Å². The average Bonchev–Trinajstić information content (AvgIpc) is 2.36. The minimum Gasteiger partial charge on any atom is -0.349 e. The predicted octanol–water partition coefficient (Wildman–Crippen LogP) is 1.17. The Morgan fingerprint density at radius 1 is 1.39 bits per heavy atom. The van der Waals surface area contributed by atoms with Crippen LogP contribution in [0.1, 0.15) is 33.1 Å². The van der Waals surface area contributed by atoms with E-state index in [4.69, 9.17) is 0 Å². The molecule has 0 radical (unpaired) electrons. The standard InChI is InChI=1S/C14H29N3O/c1-5-15-12(2)13-6-9-17(10-7-13)11-8-14(18)16(3)4/h12-13,15H,5-11H2,1-4H3. The summed E-state index contributed by atoms with van der Waals surface area (Å²) in [5.74, 6) is 1.03. The summed E-state index contributed by atoms with van der Waals surface area (Å²) >= 11 is 0. The summed E-state index contributed by atoms with van der Waals surface area (Å²) in [6.45, 7) is 8.71. The first kappa shape index (κ1) is 15.4. The number of likely N-dealkylation sites (tertiary alicyclic amines) is 1. The first-order valence-electron chi connectivity index (χ1n) is 7.20. The maximum Gasteiger partial charge on any atom is 0.223 e. The molecule has 1 amide bonds. The van der Waals surface area contributed by atoms with Crippen LogP contribution in [0.5, 0.6) is 0 Å². The lowest BCUT2D eigenvalue weighted by atomic mass is 9.90. The minimum absolute atomic E-state index is 0.234. The largest absolute Gasteiger partial charge is 0.349 e. The zero-order chi connectivity index (χ0) is 13.5. The molecule has 1 aliphatic rings. The van der Waals surface area contributed by atoms with Crippen molar-refractivity contribution in [2.24, 2.45) is 5.92 Å². The second-order valence-electron chi connectivity index (χ2n) is 5.56. The summed E-state index contributed by atoms with van der Waals surface area (Å²) in [6.07, 6.45) is 3.16. The van der Waals surface area contributed by atoms with Crippen molar-refractivity contribution in [3.8, 4) is 0 Å². The van der Waals surface area contributed by atoms with Gasteiger partial charge in [0.05, 0.1) is 0 Å². The molecule has 1 aliphatic heterocycles. The van der Waals surface area contributed by atoms with Crippen molar-refractivity contribution >= 4 is 5.91 Å². The molecule has 1 atom stereocenters. The quantitative estimate of drug-likeness (QED) is 0.774. The highest BCUT2D eigenvalue weighted by molar-refractivity contribution is 5.75. The van der Waals surface area contributed by atoms with E-state index in [1.807, 2.05) is 14.1 Å². The van der Waals surface area contributed by atoms with Gasteiger partial charge in [-0.2, -0.15) is 0 Å². The van der Waals surface area contributed by atoms with Crippen molar-refractivity contribution in [3.05, 3.63) is 0 Å². The molecule has 0 bridgehead atoms. The Bertz CT molecular complexity index is 247. The molecule has 1 fully saturated rings. The van der Waals surface area contributed by atoms with E-state index >= 15 is 0 Å². The Morgan fingerprint density at radius 3 is 2.50 bits per heavy atom. The Hall–Kier alpha value is -0.610. The van der Waals surface area contributed by atoms with E-state index in [0.717, 1.165) is 32.1 Å². The van der Waals surface area contributed by atoms with Gasteiger partial charge >= 0.3 is 0 Å². The van der Waals surface area contributed by atoms with Crippen LogP contribution >= 0.6 is 0 Å². The molecule has 1 heterocycles. The zero-order valence-electron chi connectivity index (χ0n) is 12.4. The monoisotopic (exact) mass is 255 g/mol. The van der Waals surface area contributed by atoms with Crippen molar-refractivity contribution in [1.82, 2.24) is 15.1 Å². The molecular weight excluding hydrogens is 226 g/mol. The molecule has 0 spiro atoms. The van der Waals surface area contributed by atoms with Crippen LogP contribution < -0.4 is 5.32 Å². The molecule has 1 N–H and O–H groups in total. The summed E-state index contributed by atoms with van der Waals surface area (Å²) in [5, 5.41) is 3.52. The van der Waals surface area contributed by atoms with Gasteiger partial charge in [0.1, 0.15) is 0 Å². The SMILES string of the molecule is CCNC(C)C1CCN(CCC(=O)N(C)C)CC1. The van der Waals surface area contributed by atoms with Crippen molar-refractivity contribution in [3.63, 3.8) is 0 Å². The first-order valence-corrected chi connectivity index (χ1v) is 7.20. The lowest BCUT2D eigenvalue weighted by Crippen LogP contribution is -2.42. The molecule has 106 valence electrons. The van der Waals surface area contributed by atoms with Gasteiger partial charge in [-0.1, -0.05) is 6.92 Å². The van der Waals surface area contributed by atoms with Crippen LogP contribution in [0.25, 0.3) is 0 Å². The van der Waals surface area contributed by atoms with Gasteiger partial charge in [-0.15, -0.1) is 0 Å². The molecule has 4 heteroatoms. The third-order valence-corrected chi connectivity index (χ3v) is 4.01. The highest BCUT2D eigenvalue weighted by Gasteiger charge is 2.23. The van der Waals surface area contributed by atoms with Crippen LogP contribution in [0.2, 0.25) is 0 Å². The van der Waals surface area contributed by atoms with Crippen LogP contribution in [0, 0.1) is 5.92 Å². The molecule has 4 nitrogen and oxygen atoms in total. The summed E-state index contributed by atoms with van der Waals surface area (Å²) in [7, 11) is 3.65. The fourth-order valence-electron chi connectivity index (χ4n) is 2.64. The number of amides is 1. The molecule has 18 heavy (non-hydrogen) atoms. The summed E-state index contributed by atoms with van der Waals surface area (Å²) in [4.78, 5) is 15.6. The van der Waals surface area contributed by atoms with Gasteiger partial charge in [-0.05, 0) is 45.3 Å². The van der Waals surface area contributed by atoms with E-state index in [0.29, 0.717) is 12.5 Å². The molecule has 0 aromatic rings. The Labute approximate surface area is 112 Å². The number of carbonyl (C=O) groups is 1. The van der Waals surface area contributed by atoms with Gasteiger partial charge in [0.25, 0.3) is 0 Å². The maximum atomic E-state index is 11.5. The lowest BCUT2D eigenvalue weighted by molar-refractivity contribution is -0.129. The molecule has 1 saturated heterocycles. The van der Waals surface area contributed by atoms with E-state index in [-0.39, 0.29) is 5.91 Å². The Balaban J connectivity index is 2.21. The maximum absolute atomic E-state index is 11.5. The van der Waals surface area contributed by atoms with E-state index in [1.54, 1.807) is 4.90 Å². The van der Waals surface area contributed by atoms with Crippen LogP contribution in [-0.2, 0) is 4.79 Å². The summed E-state index contributed by atoms with van der Waals surface area (Å²) < 4.78 is 0. The molecular formula is C14H29N3O. The number of hydrogen-bond donors (Lipinski definition) is 1. The highest BCUT2D eigenvalue weighted by Crippen LogP contribution is 2.20. The normalized spacial score (nSPS) is 19.8. The van der Waals surface area contributed by atoms with E-state index < -0.39 is 0 Å². The van der Waals surface area contributed by atoms with Gasteiger partial charge in [-0.25, -0.2) is 0 Å². The Morgan fingerprint density at radius 2 is 2.00 bits per heavy atom. The molecule has 1 rings (SSSR count). The number of piperidine rings is 1. The van der Waals surface area contributed by atoms with Crippen molar-refractivity contribution in [2.75, 3.05) is 40.3 Å². The summed E-state index contributed by atoms with van der Waals surface area (Å²) in [5.41, 5.74) is 0. The van der Waals surface area contributed by atoms with Gasteiger partial charge in [0.2, 0.25) is 5.91 Å². The minimum atomic E-state index is 0.234. The van der Waals surface area contributed by atoms with Crippen LogP contribution in [0.3, 0.4) is 0 Å². The molecule has 0 aromatic heterocycles. The molecule has 0 aliphatic carbocycles. The number of nitrogens with zero attached hydrogens (tertiary/aromatic N) is 2.